The third kappa shape index (κ3) is 4.31. The summed E-state index contributed by atoms with van der Waals surface area (Å²) in [4.78, 5) is 0. The molecule has 1 aliphatic carbocycles. The van der Waals surface area contributed by atoms with Crippen LogP contribution in [0.4, 0.5) is 13.2 Å². The average Bonchev–Trinajstić information content (AvgIpc) is 2.97. The quantitative estimate of drug-likeness (QED) is 0.731. The minimum Gasteiger partial charge on any atom is -0.311 e. The Morgan fingerprint density at radius 1 is 1.10 bits per heavy atom. The van der Waals surface area contributed by atoms with Crippen LogP contribution in [0.25, 0.3) is 5.69 Å². The van der Waals surface area contributed by atoms with Gasteiger partial charge in [-0.1, -0.05) is 25.4 Å². The summed E-state index contributed by atoms with van der Waals surface area (Å²) in [5, 5.41) is 13.2. The summed E-state index contributed by atoms with van der Waals surface area (Å²) in [6.07, 6.45) is -1.29. The maximum Gasteiger partial charge on any atom is 0.391 e. The molecule has 29 heavy (non-hydrogen) atoms. The van der Waals surface area contributed by atoms with Crippen molar-refractivity contribution < 1.29 is 13.2 Å². The second kappa shape index (κ2) is 7.91. The van der Waals surface area contributed by atoms with Crippen LogP contribution in [0.15, 0.2) is 18.2 Å². The predicted octanol–water partition coefficient (Wildman–Crippen LogP) is 5.22. The van der Waals surface area contributed by atoms with Crippen molar-refractivity contribution in [3.63, 3.8) is 0 Å². The van der Waals surface area contributed by atoms with Crippen LogP contribution in [0.2, 0.25) is 5.02 Å². The van der Waals surface area contributed by atoms with Crippen LogP contribution in [-0.4, -0.2) is 33.0 Å². The van der Waals surface area contributed by atoms with Gasteiger partial charge in [0.05, 0.1) is 11.6 Å². The highest BCUT2D eigenvalue weighted by atomic mass is 35.5. The topological polar surface area (TPSA) is 42.7 Å². The van der Waals surface area contributed by atoms with Crippen LogP contribution in [0.1, 0.15) is 62.7 Å². The van der Waals surface area contributed by atoms with Gasteiger partial charge in [0.2, 0.25) is 0 Å². The van der Waals surface area contributed by atoms with Gasteiger partial charge in [0.1, 0.15) is 11.6 Å². The van der Waals surface area contributed by atoms with Crippen LogP contribution in [0, 0.1) is 5.92 Å². The van der Waals surface area contributed by atoms with E-state index in [9.17, 15) is 13.2 Å². The molecular weight excluding hydrogens is 401 g/mol. The van der Waals surface area contributed by atoms with E-state index in [1.54, 1.807) is 0 Å². The van der Waals surface area contributed by atoms with Crippen molar-refractivity contribution in [3.8, 4) is 5.69 Å². The van der Waals surface area contributed by atoms with E-state index in [-0.39, 0.29) is 24.8 Å². The first-order valence-corrected chi connectivity index (χ1v) is 10.7. The number of halogens is 4. The number of hydrogen-bond donors (Lipinski definition) is 1. The molecule has 1 unspecified atom stereocenters. The fourth-order valence-corrected chi connectivity index (χ4v) is 4.95. The zero-order valence-electron chi connectivity index (χ0n) is 16.6. The number of nitrogens with zero attached hydrogens (tertiary/aromatic N) is 3. The molecule has 2 heterocycles. The van der Waals surface area contributed by atoms with E-state index in [4.69, 9.17) is 11.6 Å². The maximum atomic E-state index is 13.1. The number of hydrogen-bond acceptors (Lipinski definition) is 3. The SMILES string of the molecule is CC(C)NC1Cc2cc(Cl)ccc2-n2c(nnc2C2CCC(C(F)(F)F)CC2)C1. The van der Waals surface area contributed by atoms with Gasteiger partial charge in [-0.3, -0.25) is 4.57 Å². The summed E-state index contributed by atoms with van der Waals surface area (Å²) in [5.41, 5.74) is 2.11. The Morgan fingerprint density at radius 2 is 1.83 bits per heavy atom. The Bertz CT molecular complexity index is 869. The summed E-state index contributed by atoms with van der Waals surface area (Å²) in [5.74, 6) is 0.440. The van der Waals surface area contributed by atoms with E-state index in [1.165, 1.54) is 0 Å². The largest absolute Gasteiger partial charge is 0.391 e. The first-order chi connectivity index (χ1) is 13.7. The predicted molar refractivity (Wildman–Crippen MR) is 107 cm³/mol. The standard InChI is InChI=1S/C21H26ClF3N4/c1-12(2)26-17-10-14-9-16(22)7-8-18(14)29-19(11-17)27-28-20(29)13-3-5-15(6-4-13)21(23,24)25/h7-9,12-13,15,17,26H,3-6,10-11H2,1-2H3. The highest BCUT2D eigenvalue weighted by Gasteiger charge is 2.42. The maximum absolute atomic E-state index is 13.1. The molecule has 0 amide bonds. The lowest BCUT2D eigenvalue weighted by atomic mass is 9.81. The summed E-state index contributed by atoms with van der Waals surface area (Å²) < 4.78 is 41.3. The lowest BCUT2D eigenvalue weighted by molar-refractivity contribution is -0.182. The molecule has 1 saturated carbocycles. The van der Waals surface area contributed by atoms with Gasteiger partial charge in [0, 0.05) is 29.4 Å². The van der Waals surface area contributed by atoms with E-state index < -0.39 is 12.1 Å². The fourth-order valence-electron chi connectivity index (χ4n) is 4.75. The number of nitrogens with one attached hydrogen (secondary N) is 1. The molecule has 4 nitrogen and oxygen atoms in total. The van der Waals surface area contributed by atoms with Crippen molar-refractivity contribution in [2.45, 2.75) is 76.6 Å². The molecule has 2 aliphatic rings. The summed E-state index contributed by atoms with van der Waals surface area (Å²) in [6.45, 7) is 4.22. The Morgan fingerprint density at radius 3 is 2.48 bits per heavy atom. The van der Waals surface area contributed by atoms with Gasteiger partial charge in [-0.05, 0) is 55.9 Å². The van der Waals surface area contributed by atoms with E-state index in [2.05, 4.69) is 33.9 Å². The summed E-state index contributed by atoms with van der Waals surface area (Å²) in [7, 11) is 0. The first-order valence-electron chi connectivity index (χ1n) is 10.3. The van der Waals surface area contributed by atoms with Gasteiger partial charge >= 0.3 is 6.18 Å². The Hall–Kier alpha value is -1.60. The molecule has 1 aliphatic heterocycles. The molecule has 1 aromatic carbocycles. The number of fused-ring (bicyclic) bond motifs is 3. The lowest BCUT2D eigenvalue weighted by Crippen LogP contribution is -2.37. The lowest BCUT2D eigenvalue weighted by Gasteiger charge is -2.29. The van der Waals surface area contributed by atoms with E-state index in [0.717, 1.165) is 35.7 Å². The van der Waals surface area contributed by atoms with Gasteiger partial charge in [0.15, 0.2) is 0 Å². The monoisotopic (exact) mass is 426 g/mol. The van der Waals surface area contributed by atoms with Gasteiger partial charge in [-0.25, -0.2) is 0 Å². The van der Waals surface area contributed by atoms with Gasteiger partial charge in [-0.2, -0.15) is 13.2 Å². The molecule has 0 saturated heterocycles. The molecule has 158 valence electrons. The third-order valence-electron chi connectivity index (χ3n) is 6.06. The van der Waals surface area contributed by atoms with E-state index in [0.29, 0.717) is 23.9 Å². The Labute approximate surface area is 173 Å². The second-order valence-electron chi connectivity index (χ2n) is 8.60. The number of rotatable bonds is 3. The molecular formula is C21H26ClF3N4. The zero-order chi connectivity index (χ0) is 20.8. The minimum absolute atomic E-state index is 0.00649. The van der Waals surface area contributed by atoms with Crippen LogP contribution >= 0.6 is 11.6 Å². The molecule has 8 heteroatoms. The van der Waals surface area contributed by atoms with Crippen LogP contribution in [-0.2, 0) is 12.8 Å². The molecule has 0 bridgehead atoms. The summed E-state index contributed by atoms with van der Waals surface area (Å²) in [6, 6.07) is 6.34. The molecule has 1 aromatic heterocycles. The highest BCUT2D eigenvalue weighted by Crippen LogP contribution is 2.43. The van der Waals surface area contributed by atoms with Gasteiger partial charge in [-0.15, -0.1) is 10.2 Å². The van der Waals surface area contributed by atoms with Crippen LogP contribution < -0.4 is 5.32 Å². The van der Waals surface area contributed by atoms with Crippen molar-refractivity contribution in [2.75, 3.05) is 0 Å². The van der Waals surface area contributed by atoms with Crippen molar-refractivity contribution in [1.82, 2.24) is 20.1 Å². The third-order valence-corrected chi connectivity index (χ3v) is 6.29. The second-order valence-corrected chi connectivity index (χ2v) is 9.04. The number of benzene rings is 1. The average molecular weight is 427 g/mol. The zero-order valence-corrected chi connectivity index (χ0v) is 17.4. The van der Waals surface area contributed by atoms with Gasteiger partial charge < -0.3 is 5.32 Å². The van der Waals surface area contributed by atoms with E-state index in [1.807, 2.05) is 18.2 Å². The number of alkyl halides is 3. The molecule has 0 spiro atoms. The summed E-state index contributed by atoms with van der Waals surface area (Å²) >= 11 is 6.26. The molecule has 1 fully saturated rings. The molecule has 2 aromatic rings. The Balaban J connectivity index is 1.68. The van der Waals surface area contributed by atoms with Crippen LogP contribution in [0.3, 0.4) is 0 Å². The number of aromatic nitrogens is 3. The Kier molecular flexibility index (Phi) is 5.64. The van der Waals surface area contributed by atoms with Crippen molar-refractivity contribution >= 4 is 11.6 Å². The van der Waals surface area contributed by atoms with Crippen molar-refractivity contribution in [2.24, 2.45) is 5.92 Å². The van der Waals surface area contributed by atoms with Crippen molar-refractivity contribution in [3.05, 3.63) is 40.4 Å². The normalized spacial score (nSPS) is 24.9. The fraction of sp³-hybridized carbons (Fsp3) is 0.619. The van der Waals surface area contributed by atoms with Crippen molar-refractivity contribution in [1.29, 1.82) is 0 Å². The minimum atomic E-state index is -4.11. The van der Waals surface area contributed by atoms with Gasteiger partial charge in [0.25, 0.3) is 0 Å². The highest BCUT2D eigenvalue weighted by molar-refractivity contribution is 6.30. The smallest absolute Gasteiger partial charge is 0.311 e. The van der Waals surface area contributed by atoms with Crippen LogP contribution in [0.5, 0.6) is 0 Å². The molecule has 0 radical (unpaired) electrons. The van der Waals surface area contributed by atoms with E-state index >= 15 is 0 Å². The molecule has 1 atom stereocenters. The first kappa shape index (κ1) is 20.7. The molecule has 4 rings (SSSR count). The molecule has 1 N–H and O–H groups in total.